The van der Waals surface area contributed by atoms with Gasteiger partial charge in [-0.1, -0.05) is 0 Å². The van der Waals surface area contributed by atoms with E-state index in [2.05, 4.69) is 20.6 Å². The minimum atomic E-state index is -0.178. The lowest BCUT2D eigenvalue weighted by atomic mass is 10.2. The Balaban J connectivity index is 2.05. The van der Waals surface area contributed by atoms with Gasteiger partial charge < -0.3 is 14.8 Å². The van der Waals surface area contributed by atoms with Gasteiger partial charge in [0, 0.05) is 6.54 Å². The molecule has 0 saturated carbocycles. The van der Waals surface area contributed by atoms with Crippen molar-refractivity contribution in [3.63, 3.8) is 0 Å². The number of likely N-dealkylation sites (N-methyl/N-ethyl adjacent to an activating group) is 1. The monoisotopic (exact) mass is 303 g/mol. The number of hydrogen-bond donors (Lipinski definition) is 1. The molecule has 0 aliphatic carbocycles. The molecular weight excluding hydrogens is 286 g/mol. The second-order valence-corrected chi connectivity index (χ2v) is 4.24. The van der Waals surface area contributed by atoms with Crippen LogP contribution in [0.1, 0.15) is 12.5 Å². The minimum absolute atomic E-state index is 0.0572. The Morgan fingerprint density at radius 1 is 1.36 bits per heavy atom. The van der Waals surface area contributed by atoms with Gasteiger partial charge in [0.25, 0.3) is 5.91 Å². The van der Waals surface area contributed by atoms with Gasteiger partial charge >= 0.3 is 0 Å². The average molecular weight is 303 g/mol. The van der Waals surface area contributed by atoms with E-state index in [1.807, 2.05) is 13.0 Å². The first kappa shape index (κ1) is 15.5. The molecule has 2 rings (SSSR count). The number of hydrogen-bond acceptors (Lipinski definition) is 6. The third kappa shape index (κ3) is 4.30. The fourth-order valence-corrected chi connectivity index (χ4v) is 1.66. The maximum absolute atomic E-state index is 11.4. The van der Waals surface area contributed by atoms with E-state index in [9.17, 15) is 4.79 Å². The van der Waals surface area contributed by atoms with Gasteiger partial charge in [-0.05, 0) is 30.7 Å². The average Bonchev–Trinajstić information content (AvgIpc) is 3.05. The molecule has 0 aliphatic heterocycles. The topological polar surface area (TPSA) is 90.6 Å². The van der Waals surface area contributed by atoms with Gasteiger partial charge in [0.1, 0.15) is 12.7 Å². The van der Waals surface area contributed by atoms with Crippen molar-refractivity contribution in [3.8, 4) is 11.5 Å². The largest absolute Gasteiger partial charge is 0.493 e. The number of nitrogens with one attached hydrogen (secondary N) is 1. The van der Waals surface area contributed by atoms with Crippen LogP contribution in [0.5, 0.6) is 11.5 Å². The Labute approximate surface area is 127 Å². The van der Waals surface area contributed by atoms with Crippen molar-refractivity contribution in [3.05, 3.63) is 36.4 Å². The van der Waals surface area contributed by atoms with E-state index in [1.165, 1.54) is 24.4 Å². The van der Waals surface area contributed by atoms with Crippen LogP contribution in [0.3, 0.4) is 0 Å². The Hall–Kier alpha value is -2.90. The molecule has 1 aromatic heterocycles. The minimum Gasteiger partial charge on any atom is -0.493 e. The van der Waals surface area contributed by atoms with Crippen LogP contribution >= 0.6 is 0 Å². The summed E-state index contributed by atoms with van der Waals surface area (Å²) in [5, 5.41) is 14.1. The molecule has 0 bridgehead atoms. The summed E-state index contributed by atoms with van der Waals surface area (Å²) >= 11 is 0. The predicted octanol–water partition coefficient (Wildman–Crippen LogP) is 0.684. The normalized spacial score (nSPS) is 10.6. The third-order valence-electron chi connectivity index (χ3n) is 2.67. The first-order valence-electron chi connectivity index (χ1n) is 6.69. The van der Waals surface area contributed by atoms with E-state index >= 15 is 0 Å². The standard InChI is InChI=1S/C14H17N5O3/c1-3-15-14(20)8-22-12-5-4-11(6-13(12)21-2)7-18-19-9-16-17-10-19/h4-7,9-10H,3,8H2,1-2H3,(H,15,20)/b18-7-. The second kappa shape index (κ2) is 7.77. The number of ether oxygens (including phenoxy) is 2. The third-order valence-corrected chi connectivity index (χ3v) is 2.67. The summed E-state index contributed by atoms with van der Waals surface area (Å²) < 4.78 is 12.2. The number of carbonyl (C=O) groups is 1. The lowest BCUT2D eigenvalue weighted by Crippen LogP contribution is -2.28. The number of benzene rings is 1. The van der Waals surface area contributed by atoms with E-state index in [4.69, 9.17) is 9.47 Å². The van der Waals surface area contributed by atoms with E-state index in [0.29, 0.717) is 18.0 Å². The van der Waals surface area contributed by atoms with Crippen molar-refractivity contribution >= 4 is 12.1 Å². The highest BCUT2D eigenvalue weighted by Crippen LogP contribution is 2.27. The zero-order valence-electron chi connectivity index (χ0n) is 12.4. The summed E-state index contributed by atoms with van der Waals surface area (Å²) in [4.78, 5) is 11.4. The van der Waals surface area contributed by atoms with Crippen molar-refractivity contribution in [2.75, 3.05) is 20.3 Å². The second-order valence-electron chi connectivity index (χ2n) is 4.24. The highest BCUT2D eigenvalue weighted by atomic mass is 16.5. The van der Waals surface area contributed by atoms with E-state index in [-0.39, 0.29) is 12.5 Å². The zero-order valence-corrected chi connectivity index (χ0v) is 12.4. The number of amides is 1. The molecule has 22 heavy (non-hydrogen) atoms. The van der Waals surface area contributed by atoms with Gasteiger partial charge in [-0.2, -0.15) is 5.10 Å². The summed E-state index contributed by atoms with van der Waals surface area (Å²) in [6.45, 7) is 2.36. The number of aromatic nitrogens is 3. The summed E-state index contributed by atoms with van der Waals surface area (Å²) in [5.41, 5.74) is 0.816. The molecule has 0 spiro atoms. The Morgan fingerprint density at radius 3 is 2.82 bits per heavy atom. The van der Waals surface area contributed by atoms with Crippen LogP contribution in [0.25, 0.3) is 0 Å². The quantitative estimate of drug-likeness (QED) is 0.760. The van der Waals surface area contributed by atoms with Crippen LogP contribution in [-0.4, -0.2) is 47.3 Å². The van der Waals surface area contributed by atoms with Gasteiger partial charge in [0.2, 0.25) is 0 Å². The molecular formula is C14H17N5O3. The fraction of sp³-hybridized carbons (Fsp3) is 0.286. The van der Waals surface area contributed by atoms with Gasteiger partial charge in [-0.3, -0.25) is 4.79 Å². The van der Waals surface area contributed by atoms with Gasteiger partial charge in [-0.25, -0.2) is 4.68 Å². The molecule has 8 heteroatoms. The molecule has 1 aromatic carbocycles. The van der Waals surface area contributed by atoms with E-state index in [1.54, 1.807) is 18.3 Å². The maximum Gasteiger partial charge on any atom is 0.257 e. The molecule has 1 N–H and O–H groups in total. The van der Waals surface area contributed by atoms with Crippen molar-refractivity contribution in [2.24, 2.45) is 5.10 Å². The van der Waals surface area contributed by atoms with Crippen LogP contribution < -0.4 is 14.8 Å². The van der Waals surface area contributed by atoms with Crippen molar-refractivity contribution in [2.45, 2.75) is 6.92 Å². The molecule has 116 valence electrons. The van der Waals surface area contributed by atoms with Gasteiger partial charge in [0.05, 0.1) is 13.3 Å². The Kier molecular flexibility index (Phi) is 5.47. The van der Waals surface area contributed by atoms with E-state index in [0.717, 1.165) is 5.56 Å². The van der Waals surface area contributed by atoms with Crippen LogP contribution in [-0.2, 0) is 4.79 Å². The SMILES string of the molecule is CCNC(=O)COc1ccc(/C=N\n2cnnc2)cc1OC. The lowest BCUT2D eigenvalue weighted by molar-refractivity contribution is -0.123. The number of nitrogens with zero attached hydrogens (tertiary/aromatic N) is 4. The maximum atomic E-state index is 11.4. The van der Waals surface area contributed by atoms with E-state index < -0.39 is 0 Å². The smallest absolute Gasteiger partial charge is 0.257 e. The Morgan fingerprint density at radius 2 is 2.14 bits per heavy atom. The molecule has 2 aromatic rings. The summed E-state index contributed by atoms with van der Waals surface area (Å²) in [6, 6.07) is 5.30. The lowest BCUT2D eigenvalue weighted by Gasteiger charge is -2.11. The molecule has 0 fully saturated rings. The summed E-state index contributed by atoms with van der Waals surface area (Å²) in [6.07, 6.45) is 4.61. The number of carbonyl (C=O) groups excluding carboxylic acids is 1. The number of methoxy groups -OCH3 is 1. The first-order valence-corrected chi connectivity index (χ1v) is 6.69. The van der Waals surface area contributed by atoms with Crippen LogP contribution in [0, 0.1) is 0 Å². The number of rotatable bonds is 7. The summed E-state index contributed by atoms with van der Waals surface area (Å²) in [7, 11) is 1.54. The van der Waals surface area contributed by atoms with Crippen molar-refractivity contribution in [1.29, 1.82) is 0 Å². The molecule has 8 nitrogen and oxygen atoms in total. The van der Waals surface area contributed by atoms with Crippen molar-refractivity contribution in [1.82, 2.24) is 20.2 Å². The molecule has 1 heterocycles. The van der Waals surface area contributed by atoms with Gasteiger partial charge in [0.15, 0.2) is 18.1 Å². The van der Waals surface area contributed by atoms with Crippen LogP contribution in [0.2, 0.25) is 0 Å². The predicted molar refractivity (Wildman–Crippen MR) is 80.2 cm³/mol. The molecule has 1 amide bonds. The molecule has 0 aliphatic rings. The highest BCUT2D eigenvalue weighted by Gasteiger charge is 2.07. The molecule has 0 unspecified atom stereocenters. The Bertz CT molecular complexity index is 640. The van der Waals surface area contributed by atoms with Gasteiger partial charge in [-0.15, -0.1) is 10.2 Å². The van der Waals surface area contributed by atoms with Crippen molar-refractivity contribution < 1.29 is 14.3 Å². The van der Waals surface area contributed by atoms with Crippen LogP contribution in [0.4, 0.5) is 0 Å². The molecule has 0 saturated heterocycles. The molecule has 0 atom stereocenters. The van der Waals surface area contributed by atoms with Crippen LogP contribution in [0.15, 0.2) is 36.0 Å². The fourth-order valence-electron chi connectivity index (χ4n) is 1.66. The summed E-state index contributed by atoms with van der Waals surface area (Å²) in [5.74, 6) is 0.843. The highest BCUT2D eigenvalue weighted by molar-refractivity contribution is 5.81. The first-order chi connectivity index (χ1) is 10.7. The zero-order chi connectivity index (χ0) is 15.8. The molecule has 0 radical (unpaired) electrons.